The van der Waals surface area contributed by atoms with E-state index in [1.807, 2.05) is 12.1 Å². The van der Waals surface area contributed by atoms with Crippen LogP contribution >= 0.6 is 15.9 Å². The van der Waals surface area contributed by atoms with Gasteiger partial charge in [-0.1, -0.05) is 0 Å². The third kappa shape index (κ3) is 3.67. The molecular formula is C18H22BrN5O2. The Morgan fingerprint density at radius 3 is 2.62 bits per heavy atom. The maximum atomic E-state index is 12.2. The number of rotatable bonds is 4. The topological polar surface area (TPSA) is 72.3 Å². The Kier molecular flexibility index (Phi) is 5.06. The van der Waals surface area contributed by atoms with E-state index >= 15 is 0 Å². The van der Waals surface area contributed by atoms with Crippen LogP contribution in [0, 0.1) is 0 Å². The van der Waals surface area contributed by atoms with Crippen LogP contribution < -0.4 is 10.9 Å². The number of hydrogen-bond donors (Lipinski definition) is 1. The van der Waals surface area contributed by atoms with Gasteiger partial charge in [-0.15, -0.1) is 5.10 Å². The molecule has 138 valence electrons. The number of piperidine rings is 1. The highest BCUT2D eigenvalue weighted by atomic mass is 79.9. The number of aryl methyl sites for hydroxylation is 1. The number of nitrogens with one attached hydrogen (secondary N) is 1. The van der Waals surface area contributed by atoms with E-state index in [9.17, 15) is 4.79 Å². The third-order valence-electron chi connectivity index (χ3n) is 5.18. The fraction of sp³-hybridized carbons (Fsp3) is 0.500. The van der Waals surface area contributed by atoms with Gasteiger partial charge in [0.15, 0.2) is 5.82 Å². The Balaban J connectivity index is 1.40. The van der Waals surface area contributed by atoms with Crippen molar-refractivity contribution in [2.45, 2.75) is 24.8 Å². The highest BCUT2D eigenvalue weighted by Crippen LogP contribution is 2.29. The van der Waals surface area contributed by atoms with Crippen LogP contribution in [0.3, 0.4) is 0 Å². The minimum atomic E-state index is -0.105. The minimum Gasteiger partial charge on any atom is -0.378 e. The van der Waals surface area contributed by atoms with Crippen molar-refractivity contribution in [1.82, 2.24) is 19.7 Å². The average Bonchev–Trinajstić information content (AvgIpc) is 2.59. The zero-order valence-corrected chi connectivity index (χ0v) is 16.3. The lowest BCUT2D eigenvalue weighted by Gasteiger charge is -2.41. The molecule has 4 heterocycles. The SMILES string of the molecule is Cn1cc(Br)cc(Nc2ccc(C3CCN(C4COC4)CC3)nn2)c1=O. The van der Waals surface area contributed by atoms with Crippen molar-refractivity contribution in [3.63, 3.8) is 0 Å². The zero-order valence-electron chi connectivity index (χ0n) is 14.7. The molecule has 0 saturated carbocycles. The standard InChI is InChI=1S/C18H22BrN5O2/c1-23-9-13(19)8-16(18(23)25)20-17-3-2-15(21-22-17)12-4-6-24(7-5-12)14-10-26-11-14/h2-3,8-9,12,14H,4-7,10-11H2,1H3,(H,20,22). The maximum Gasteiger partial charge on any atom is 0.274 e. The van der Waals surface area contributed by atoms with Crippen LogP contribution in [0.25, 0.3) is 0 Å². The first kappa shape index (κ1) is 17.6. The Morgan fingerprint density at radius 2 is 2.00 bits per heavy atom. The lowest BCUT2D eigenvalue weighted by atomic mass is 9.92. The molecule has 2 aliphatic rings. The summed E-state index contributed by atoms with van der Waals surface area (Å²) in [7, 11) is 1.72. The van der Waals surface area contributed by atoms with Gasteiger partial charge in [-0.25, -0.2) is 0 Å². The summed E-state index contributed by atoms with van der Waals surface area (Å²) < 4.78 is 7.64. The first-order valence-corrected chi connectivity index (χ1v) is 9.68. The first-order valence-electron chi connectivity index (χ1n) is 8.89. The van der Waals surface area contributed by atoms with E-state index in [-0.39, 0.29) is 5.56 Å². The molecule has 26 heavy (non-hydrogen) atoms. The zero-order chi connectivity index (χ0) is 18.1. The number of ether oxygens (including phenoxy) is 1. The summed E-state index contributed by atoms with van der Waals surface area (Å²) >= 11 is 3.40. The quantitative estimate of drug-likeness (QED) is 0.819. The van der Waals surface area contributed by atoms with Gasteiger partial charge in [-0.05, 0) is 60.1 Å². The smallest absolute Gasteiger partial charge is 0.274 e. The molecule has 0 amide bonds. The lowest BCUT2D eigenvalue weighted by Crippen LogP contribution is -2.51. The van der Waals surface area contributed by atoms with Crippen molar-refractivity contribution in [2.75, 3.05) is 31.6 Å². The van der Waals surface area contributed by atoms with Gasteiger partial charge in [0.2, 0.25) is 0 Å². The van der Waals surface area contributed by atoms with Crippen LogP contribution in [0.2, 0.25) is 0 Å². The molecule has 0 bridgehead atoms. The fourth-order valence-corrected chi connectivity index (χ4v) is 4.06. The highest BCUT2D eigenvalue weighted by Gasteiger charge is 2.30. The van der Waals surface area contributed by atoms with Gasteiger partial charge in [-0.3, -0.25) is 9.69 Å². The first-order chi connectivity index (χ1) is 12.6. The molecule has 0 unspecified atom stereocenters. The second-order valence-corrected chi connectivity index (χ2v) is 7.87. The maximum absolute atomic E-state index is 12.2. The molecule has 0 aromatic carbocycles. The van der Waals surface area contributed by atoms with Gasteiger partial charge >= 0.3 is 0 Å². The molecule has 0 radical (unpaired) electrons. The average molecular weight is 420 g/mol. The highest BCUT2D eigenvalue weighted by molar-refractivity contribution is 9.10. The second-order valence-electron chi connectivity index (χ2n) is 6.96. The van der Waals surface area contributed by atoms with Crippen molar-refractivity contribution in [1.29, 1.82) is 0 Å². The number of nitrogens with zero attached hydrogens (tertiary/aromatic N) is 4. The second kappa shape index (κ2) is 7.46. The Hall–Kier alpha value is -1.77. The van der Waals surface area contributed by atoms with E-state index in [2.05, 4.69) is 36.3 Å². The predicted molar refractivity (Wildman–Crippen MR) is 103 cm³/mol. The van der Waals surface area contributed by atoms with Gasteiger partial charge in [0.25, 0.3) is 5.56 Å². The van der Waals surface area contributed by atoms with E-state index in [4.69, 9.17) is 4.74 Å². The molecule has 0 atom stereocenters. The lowest BCUT2D eigenvalue weighted by molar-refractivity contribution is -0.0713. The van der Waals surface area contributed by atoms with Crippen LogP contribution in [-0.2, 0) is 11.8 Å². The Bertz CT molecular complexity index is 826. The summed E-state index contributed by atoms with van der Waals surface area (Å²) in [4.78, 5) is 14.7. The van der Waals surface area contributed by atoms with Gasteiger partial charge in [-0.2, -0.15) is 5.10 Å². The van der Waals surface area contributed by atoms with Crippen molar-refractivity contribution in [2.24, 2.45) is 7.05 Å². The summed E-state index contributed by atoms with van der Waals surface area (Å²) in [6.45, 7) is 3.93. The van der Waals surface area contributed by atoms with Gasteiger partial charge < -0.3 is 14.6 Å². The molecule has 0 spiro atoms. The van der Waals surface area contributed by atoms with Crippen LogP contribution in [0.5, 0.6) is 0 Å². The van der Waals surface area contributed by atoms with Crippen molar-refractivity contribution >= 4 is 27.4 Å². The normalized spacial score (nSPS) is 19.3. The number of aromatic nitrogens is 3. The Morgan fingerprint density at radius 1 is 1.23 bits per heavy atom. The number of likely N-dealkylation sites (tertiary alicyclic amines) is 1. The summed E-state index contributed by atoms with van der Waals surface area (Å²) in [5, 5.41) is 11.7. The van der Waals surface area contributed by atoms with Crippen LogP contribution in [0.15, 0.2) is 33.7 Å². The fourth-order valence-electron chi connectivity index (χ4n) is 3.52. The van der Waals surface area contributed by atoms with Crippen LogP contribution in [0.4, 0.5) is 11.5 Å². The van der Waals surface area contributed by atoms with E-state index in [1.54, 1.807) is 19.3 Å². The largest absolute Gasteiger partial charge is 0.378 e. The van der Waals surface area contributed by atoms with E-state index < -0.39 is 0 Å². The molecule has 2 fully saturated rings. The number of halogens is 1. The monoisotopic (exact) mass is 419 g/mol. The molecule has 7 nitrogen and oxygen atoms in total. The van der Waals surface area contributed by atoms with Crippen molar-refractivity contribution < 1.29 is 4.74 Å². The number of hydrogen-bond acceptors (Lipinski definition) is 6. The van der Waals surface area contributed by atoms with E-state index in [0.29, 0.717) is 23.5 Å². The van der Waals surface area contributed by atoms with E-state index in [1.165, 1.54) is 4.57 Å². The molecule has 8 heteroatoms. The summed E-state index contributed by atoms with van der Waals surface area (Å²) in [5.41, 5.74) is 1.40. The van der Waals surface area contributed by atoms with Gasteiger partial charge in [0, 0.05) is 23.6 Å². The number of pyridine rings is 1. The van der Waals surface area contributed by atoms with Crippen LogP contribution in [0.1, 0.15) is 24.5 Å². The predicted octanol–water partition coefficient (Wildman–Crippen LogP) is 2.26. The molecule has 0 aliphatic carbocycles. The van der Waals surface area contributed by atoms with Crippen molar-refractivity contribution in [3.05, 3.63) is 44.9 Å². The molecular weight excluding hydrogens is 398 g/mol. The molecule has 4 rings (SSSR count). The minimum absolute atomic E-state index is 0.105. The molecule has 2 aromatic heterocycles. The molecule has 1 N–H and O–H groups in total. The van der Waals surface area contributed by atoms with Crippen LogP contribution in [-0.4, -0.2) is 52.0 Å². The summed E-state index contributed by atoms with van der Waals surface area (Å²) in [6, 6.07) is 6.28. The summed E-state index contributed by atoms with van der Waals surface area (Å²) in [6.07, 6.45) is 3.93. The van der Waals surface area contributed by atoms with Crippen molar-refractivity contribution in [3.8, 4) is 0 Å². The molecule has 2 saturated heterocycles. The molecule has 2 aromatic rings. The summed E-state index contributed by atoms with van der Waals surface area (Å²) in [5.74, 6) is 1.03. The molecule has 2 aliphatic heterocycles. The van der Waals surface area contributed by atoms with E-state index in [0.717, 1.165) is 49.3 Å². The van der Waals surface area contributed by atoms with Gasteiger partial charge in [0.1, 0.15) is 5.69 Å². The number of anilines is 2. The van der Waals surface area contributed by atoms with Gasteiger partial charge in [0.05, 0.1) is 24.9 Å². The third-order valence-corrected chi connectivity index (χ3v) is 5.62. The Labute approximate surface area is 160 Å².